The van der Waals surface area contributed by atoms with E-state index in [9.17, 15) is 9.11 Å². The minimum absolute atomic E-state index is 0.435. The number of aromatic nitrogens is 1. The highest BCUT2D eigenvalue weighted by Gasteiger charge is 2.16. The van der Waals surface area contributed by atoms with E-state index in [-0.39, 0.29) is 0 Å². The number of hydrogen-bond acceptors (Lipinski definition) is 4. The monoisotopic (exact) mass is 440 g/mol. The normalized spacial score (nSPS) is 12.1. The molecular weight excluding hydrogens is 424 g/mol. The number of pyridine rings is 1. The molecule has 0 spiro atoms. The van der Waals surface area contributed by atoms with Gasteiger partial charge in [-0.3, -0.25) is 18.8 Å². The molecule has 4 rings (SSSR count). The van der Waals surface area contributed by atoms with Crippen molar-refractivity contribution >= 4 is 43.3 Å². The molecular formula is C21H17BrN2O2S. The fourth-order valence-corrected chi connectivity index (χ4v) is 4.56. The number of rotatable bonds is 4. The summed E-state index contributed by atoms with van der Waals surface area (Å²) >= 11 is 3.59. The first-order chi connectivity index (χ1) is 13.0. The van der Waals surface area contributed by atoms with Gasteiger partial charge in [-0.1, -0.05) is 59.3 Å². The smallest absolute Gasteiger partial charge is 0.0846 e. The average Bonchev–Trinajstić information content (AvgIpc) is 2.69. The lowest BCUT2D eigenvalue weighted by atomic mass is 10.0. The van der Waals surface area contributed by atoms with E-state index in [0.717, 1.165) is 26.5 Å². The Hall–Kier alpha value is -2.38. The maximum atomic E-state index is 10.5. The summed E-state index contributed by atoms with van der Waals surface area (Å²) in [4.78, 5) is 4.91. The van der Waals surface area contributed by atoms with Gasteiger partial charge in [-0.2, -0.15) is 0 Å². The third-order valence-corrected chi connectivity index (χ3v) is 6.23. The van der Waals surface area contributed by atoms with Crippen LogP contribution in [0.4, 0.5) is 5.69 Å². The van der Waals surface area contributed by atoms with Crippen molar-refractivity contribution in [1.82, 2.24) is 4.98 Å². The summed E-state index contributed by atoms with van der Waals surface area (Å²) in [5.41, 5.74) is 3.52. The molecule has 4 aromatic rings. The zero-order valence-electron chi connectivity index (χ0n) is 14.2. The lowest BCUT2D eigenvalue weighted by molar-refractivity contribution is 0.494. The fourth-order valence-electron chi connectivity index (χ4n) is 2.89. The quantitative estimate of drug-likeness (QED) is 0.326. The minimum Gasteiger partial charge on any atom is -0.279 e. The molecule has 0 unspecified atom stereocenters. The standard InChI is InChI=1S/C21H17BrN2O2S/c22-20-13-16(15-7-3-1-4-8-15)11-17-12-18(14-23-21(17)20)24-27(25,26)19-9-5-2-6-10-19/h1-14,24-26H. The first kappa shape index (κ1) is 18.0. The average molecular weight is 441 g/mol. The highest BCUT2D eigenvalue weighted by atomic mass is 79.9. The van der Waals surface area contributed by atoms with Gasteiger partial charge in [0.2, 0.25) is 0 Å². The zero-order valence-corrected chi connectivity index (χ0v) is 16.6. The molecule has 6 heteroatoms. The lowest BCUT2D eigenvalue weighted by Gasteiger charge is -2.33. The van der Waals surface area contributed by atoms with Crippen LogP contribution in [0.25, 0.3) is 22.0 Å². The molecule has 0 bridgehead atoms. The van der Waals surface area contributed by atoms with Crippen molar-refractivity contribution in [3.05, 3.63) is 89.5 Å². The second kappa shape index (κ2) is 7.32. The van der Waals surface area contributed by atoms with Gasteiger partial charge in [-0.25, -0.2) is 0 Å². The molecule has 3 N–H and O–H groups in total. The first-order valence-corrected chi connectivity index (χ1v) is 10.6. The Kier molecular flexibility index (Phi) is 4.88. The van der Waals surface area contributed by atoms with E-state index in [1.807, 2.05) is 42.5 Å². The van der Waals surface area contributed by atoms with Crippen molar-refractivity contribution in [3.63, 3.8) is 0 Å². The molecule has 0 atom stereocenters. The number of nitrogens with one attached hydrogen (secondary N) is 1. The van der Waals surface area contributed by atoms with Crippen molar-refractivity contribution in [2.75, 3.05) is 4.72 Å². The van der Waals surface area contributed by atoms with Crippen molar-refractivity contribution in [2.24, 2.45) is 0 Å². The van der Waals surface area contributed by atoms with Gasteiger partial charge in [0.1, 0.15) is 0 Å². The molecule has 0 fully saturated rings. The largest absolute Gasteiger partial charge is 0.279 e. The molecule has 0 aliphatic rings. The van der Waals surface area contributed by atoms with Gasteiger partial charge in [0, 0.05) is 9.86 Å². The summed E-state index contributed by atoms with van der Waals surface area (Å²) in [6, 6.07) is 24.8. The van der Waals surface area contributed by atoms with Crippen LogP contribution in [-0.2, 0) is 0 Å². The Bertz CT molecular complexity index is 1090. The van der Waals surface area contributed by atoms with E-state index in [0.29, 0.717) is 10.6 Å². The molecule has 3 aromatic carbocycles. The van der Waals surface area contributed by atoms with Crippen molar-refractivity contribution in [3.8, 4) is 11.1 Å². The van der Waals surface area contributed by atoms with Crippen LogP contribution in [-0.4, -0.2) is 14.1 Å². The topological polar surface area (TPSA) is 65.4 Å². The van der Waals surface area contributed by atoms with Crippen LogP contribution in [0.3, 0.4) is 0 Å². The third kappa shape index (κ3) is 3.84. The summed E-state index contributed by atoms with van der Waals surface area (Å²) in [7, 11) is -3.16. The Labute approximate surface area is 167 Å². The van der Waals surface area contributed by atoms with Gasteiger partial charge in [0.25, 0.3) is 0 Å². The number of anilines is 1. The number of hydrogen-bond donors (Lipinski definition) is 3. The Morgan fingerprint density at radius 3 is 2.19 bits per heavy atom. The summed E-state index contributed by atoms with van der Waals surface area (Å²) in [6.07, 6.45) is 1.60. The van der Waals surface area contributed by atoms with Crippen molar-refractivity contribution in [2.45, 2.75) is 4.90 Å². The highest BCUT2D eigenvalue weighted by Crippen LogP contribution is 2.47. The Morgan fingerprint density at radius 1 is 0.815 bits per heavy atom. The van der Waals surface area contributed by atoms with Gasteiger partial charge in [-0.15, -0.1) is 0 Å². The lowest BCUT2D eigenvalue weighted by Crippen LogP contribution is -2.09. The van der Waals surface area contributed by atoms with Gasteiger partial charge in [0.15, 0.2) is 0 Å². The molecule has 0 saturated carbocycles. The first-order valence-electron chi connectivity index (χ1n) is 8.29. The van der Waals surface area contributed by atoms with Gasteiger partial charge >= 0.3 is 0 Å². The maximum Gasteiger partial charge on any atom is 0.0846 e. The second-order valence-corrected chi connectivity index (χ2v) is 8.71. The van der Waals surface area contributed by atoms with E-state index in [4.69, 9.17) is 0 Å². The number of nitrogens with zero attached hydrogens (tertiary/aromatic N) is 1. The summed E-state index contributed by atoms with van der Waals surface area (Å²) in [5.74, 6) is 0. The van der Waals surface area contributed by atoms with Crippen LogP contribution >= 0.6 is 26.7 Å². The molecule has 4 nitrogen and oxygen atoms in total. The van der Waals surface area contributed by atoms with Gasteiger partial charge in [0.05, 0.1) is 22.3 Å². The molecule has 27 heavy (non-hydrogen) atoms. The second-order valence-electron chi connectivity index (χ2n) is 6.08. The molecule has 1 heterocycles. The van der Waals surface area contributed by atoms with E-state index in [1.165, 1.54) is 0 Å². The van der Waals surface area contributed by atoms with E-state index >= 15 is 0 Å². The number of benzene rings is 3. The number of halogens is 1. The fraction of sp³-hybridized carbons (Fsp3) is 0. The Morgan fingerprint density at radius 2 is 1.48 bits per heavy atom. The minimum atomic E-state index is -3.16. The van der Waals surface area contributed by atoms with Gasteiger partial charge < -0.3 is 0 Å². The zero-order chi connectivity index (χ0) is 18.9. The van der Waals surface area contributed by atoms with Crippen LogP contribution in [0.15, 0.2) is 94.4 Å². The number of fused-ring (bicyclic) bond motifs is 1. The predicted molar refractivity (Wildman–Crippen MR) is 116 cm³/mol. The van der Waals surface area contributed by atoms with Crippen LogP contribution in [0.2, 0.25) is 0 Å². The van der Waals surface area contributed by atoms with Crippen LogP contribution < -0.4 is 4.72 Å². The molecule has 136 valence electrons. The predicted octanol–water partition coefficient (Wildman–Crippen LogP) is 6.80. The van der Waals surface area contributed by atoms with E-state index < -0.39 is 10.8 Å². The highest BCUT2D eigenvalue weighted by molar-refractivity contribution is 9.10. The molecule has 0 radical (unpaired) electrons. The third-order valence-electron chi connectivity index (χ3n) is 4.18. The van der Waals surface area contributed by atoms with Crippen molar-refractivity contribution in [1.29, 1.82) is 0 Å². The van der Waals surface area contributed by atoms with Crippen LogP contribution in [0, 0.1) is 0 Å². The van der Waals surface area contributed by atoms with Crippen LogP contribution in [0.5, 0.6) is 0 Å². The summed E-state index contributed by atoms with van der Waals surface area (Å²) in [5, 5.41) is 0.900. The Balaban J connectivity index is 1.73. The van der Waals surface area contributed by atoms with E-state index in [2.05, 4.69) is 37.8 Å². The van der Waals surface area contributed by atoms with Gasteiger partial charge in [-0.05, 0) is 57.4 Å². The molecule has 0 aliphatic carbocycles. The molecule has 0 amide bonds. The maximum absolute atomic E-state index is 10.5. The SMILES string of the molecule is OS(O)(Nc1cnc2c(Br)cc(-c3ccccc3)cc2c1)c1ccccc1. The summed E-state index contributed by atoms with van der Waals surface area (Å²) in [6.45, 7) is 0. The summed E-state index contributed by atoms with van der Waals surface area (Å²) < 4.78 is 24.7. The molecule has 0 aliphatic heterocycles. The van der Waals surface area contributed by atoms with E-state index in [1.54, 1.807) is 30.5 Å². The van der Waals surface area contributed by atoms with Crippen molar-refractivity contribution < 1.29 is 9.11 Å². The molecule has 0 saturated heterocycles. The van der Waals surface area contributed by atoms with Crippen LogP contribution in [0.1, 0.15) is 0 Å². The molecule has 1 aromatic heterocycles.